The van der Waals surface area contributed by atoms with E-state index in [4.69, 9.17) is 23.2 Å². The highest BCUT2D eigenvalue weighted by Gasteiger charge is 2.29. The van der Waals surface area contributed by atoms with Crippen molar-refractivity contribution in [3.05, 3.63) is 39.9 Å². The summed E-state index contributed by atoms with van der Waals surface area (Å²) in [4.78, 5) is 14.0. The van der Waals surface area contributed by atoms with Crippen LogP contribution in [0.5, 0.6) is 0 Å². The van der Waals surface area contributed by atoms with Gasteiger partial charge in [-0.2, -0.15) is 0 Å². The number of benzene rings is 1. The van der Waals surface area contributed by atoms with Crippen molar-refractivity contribution in [1.29, 1.82) is 0 Å². The van der Waals surface area contributed by atoms with Crippen LogP contribution in [-0.4, -0.2) is 55.5 Å². The fourth-order valence-electron chi connectivity index (χ4n) is 2.79. The summed E-state index contributed by atoms with van der Waals surface area (Å²) in [6.07, 6.45) is 4.39. The first-order valence-electron chi connectivity index (χ1n) is 8.12. The molecule has 0 radical (unpaired) electrons. The zero-order valence-corrected chi connectivity index (χ0v) is 16.6. The van der Waals surface area contributed by atoms with Gasteiger partial charge in [-0.15, -0.1) is 0 Å². The van der Waals surface area contributed by atoms with Crippen molar-refractivity contribution in [1.82, 2.24) is 9.21 Å². The maximum Gasteiger partial charge on any atom is 0.246 e. The molecule has 0 unspecified atom stereocenters. The molecule has 0 aromatic heterocycles. The molecule has 1 aromatic carbocycles. The molecule has 1 amide bonds. The molecule has 0 bridgehead atoms. The Hall–Kier alpha value is -1.08. The van der Waals surface area contributed by atoms with Crippen molar-refractivity contribution in [2.24, 2.45) is 0 Å². The molecule has 1 heterocycles. The van der Waals surface area contributed by atoms with Gasteiger partial charge in [0.05, 0.1) is 5.75 Å². The van der Waals surface area contributed by atoms with Gasteiger partial charge in [-0.05, 0) is 49.6 Å². The van der Waals surface area contributed by atoms with Crippen LogP contribution in [0.25, 0.3) is 6.08 Å². The van der Waals surface area contributed by atoms with Crippen LogP contribution in [0.3, 0.4) is 0 Å². The minimum Gasteiger partial charge on any atom is -0.339 e. The first kappa shape index (κ1) is 20.2. The van der Waals surface area contributed by atoms with Crippen molar-refractivity contribution in [3.63, 3.8) is 0 Å². The second kappa shape index (κ2) is 8.54. The van der Waals surface area contributed by atoms with Gasteiger partial charge in [0.2, 0.25) is 15.9 Å². The monoisotopic (exact) mass is 404 g/mol. The first-order chi connectivity index (χ1) is 11.7. The number of carbonyl (C=O) groups excluding carboxylic acids is 1. The molecule has 1 fully saturated rings. The predicted octanol–water partition coefficient (Wildman–Crippen LogP) is 3.28. The second-order valence-corrected chi connectivity index (χ2v) is 9.13. The van der Waals surface area contributed by atoms with E-state index in [-0.39, 0.29) is 17.7 Å². The van der Waals surface area contributed by atoms with Crippen molar-refractivity contribution in [2.45, 2.75) is 25.8 Å². The largest absolute Gasteiger partial charge is 0.339 e. The van der Waals surface area contributed by atoms with E-state index >= 15 is 0 Å². The lowest BCUT2D eigenvalue weighted by Gasteiger charge is -2.35. The number of carbonyl (C=O) groups is 1. The lowest BCUT2D eigenvalue weighted by Crippen LogP contribution is -2.47. The molecule has 2 rings (SSSR count). The third-order valence-corrected chi connectivity index (χ3v) is 6.94. The highest BCUT2D eigenvalue weighted by atomic mass is 35.5. The normalized spacial score (nSPS) is 16.8. The quantitative estimate of drug-likeness (QED) is 0.707. The molecule has 138 valence electrons. The van der Waals surface area contributed by atoms with Crippen LogP contribution in [-0.2, 0) is 14.8 Å². The van der Waals surface area contributed by atoms with Gasteiger partial charge in [-0.25, -0.2) is 12.7 Å². The zero-order valence-electron chi connectivity index (χ0n) is 14.3. The number of hydrogen-bond acceptors (Lipinski definition) is 3. The summed E-state index contributed by atoms with van der Waals surface area (Å²) in [6.45, 7) is 2.69. The second-order valence-electron chi connectivity index (χ2n) is 5.97. The Kier molecular flexibility index (Phi) is 6.91. The van der Waals surface area contributed by atoms with E-state index in [9.17, 15) is 13.2 Å². The van der Waals surface area contributed by atoms with Gasteiger partial charge in [0, 0.05) is 42.3 Å². The van der Waals surface area contributed by atoms with E-state index in [1.165, 1.54) is 10.4 Å². The highest BCUT2D eigenvalue weighted by Crippen LogP contribution is 2.22. The molecule has 0 spiro atoms. The summed E-state index contributed by atoms with van der Waals surface area (Å²) < 4.78 is 25.3. The Labute approximate surface area is 159 Å². The summed E-state index contributed by atoms with van der Waals surface area (Å²) >= 11 is 12.0. The van der Waals surface area contributed by atoms with Gasteiger partial charge in [-0.3, -0.25) is 4.79 Å². The number of sulfonamides is 1. The minimum atomic E-state index is -3.20. The summed E-state index contributed by atoms with van der Waals surface area (Å²) in [6, 6.07) is 5.02. The summed E-state index contributed by atoms with van der Waals surface area (Å²) in [5, 5.41) is 1.08. The average molecular weight is 405 g/mol. The van der Waals surface area contributed by atoms with Gasteiger partial charge in [-0.1, -0.05) is 23.2 Å². The third kappa shape index (κ3) is 5.20. The SMILES string of the molecule is CCS(=O)(=O)N(C)C1CCN(C(=O)C=Cc2cc(Cl)ccc2Cl)CC1. The Balaban J connectivity index is 1.95. The molecule has 25 heavy (non-hydrogen) atoms. The number of piperidine rings is 1. The molecule has 5 nitrogen and oxygen atoms in total. The molecule has 1 saturated heterocycles. The smallest absolute Gasteiger partial charge is 0.246 e. The Bertz CT molecular complexity index is 757. The molecular formula is C17H22Cl2N2O3S. The van der Waals surface area contributed by atoms with Gasteiger partial charge >= 0.3 is 0 Å². The molecular weight excluding hydrogens is 383 g/mol. The Morgan fingerprint density at radius 1 is 1.32 bits per heavy atom. The molecule has 0 N–H and O–H groups in total. The van der Waals surface area contributed by atoms with E-state index < -0.39 is 10.0 Å². The minimum absolute atomic E-state index is 0.0552. The fraction of sp³-hybridized carbons (Fsp3) is 0.471. The van der Waals surface area contributed by atoms with Crippen LogP contribution in [0.4, 0.5) is 0 Å². The van der Waals surface area contributed by atoms with Crippen molar-refractivity contribution in [2.75, 3.05) is 25.9 Å². The standard InChI is InChI=1S/C17H22Cl2N2O3S/c1-3-25(23,24)20(2)15-8-10-21(11-9-15)17(22)7-4-13-12-14(18)5-6-16(13)19/h4-7,12,15H,3,8-11H2,1-2H3. The van der Waals surface area contributed by atoms with Gasteiger partial charge in [0.1, 0.15) is 0 Å². The summed E-state index contributed by atoms with van der Waals surface area (Å²) in [5.74, 6) is -0.0262. The van der Waals surface area contributed by atoms with E-state index in [0.29, 0.717) is 41.5 Å². The van der Waals surface area contributed by atoms with Crippen molar-refractivity contribution < 1.29 is 13.2 Å². The molecule has 1 aliphatic rings. The van der Waals surface area contributed by atoms with Crippen LogP contribution >= 0.6 is 23.2 Å². The lowest BCUT2D eigenvalue weighted by molar-refractivity contribution is -0.127. The van der Waals surface area contributed by atoms with Crippen LogP contribution in [0, 0.1) is 0 Å². The van der Waals surface area contributed by atoms with Crippen LogP contribution < -0.4 is 0 Å². The zero-order chi connectivity index (χ0) is 18.6. The number of halogens is 2. The van der Waals surface area contributed by atoms with E-state index in [0.717, 1.165) is 0 Å². The Morgan fingerprint density at radius 2 is 1.96 bits per heavy atom. The number of amides is 1. The first-order valence-corrected chi connectivity index (χ1v) is 10.5. The predicted molar refractivity (Wildman–Crippen MR) is 102 cm³/mol. The van der Waals surface area contributed by atoms with Crippen LogP contribution in [0.15, 0.2) is 24.3 Å². The molecule has 8 heteroatoms. The number of hydrogen-bond donors (Lipinski definition) is 0. The van der Waals surface area contributed by atoms with Gasteiger partial charge in [0.15, 0.2) is 0 Å². The maximum atomic E-state index is 12.3. The molecule has 0 saturated carbocycles. The molecule has 1 aliphatic heterocycles. The van der Waals surface area contributed by atoms with Crippen molar-refractivity contribution in [3.8, 4) is 0 Å². The third-order valence-electron chi connectivity index (χ3n) is 4.46. The van der Waals surface area contributed by atoms with Gasteiger partial charge < -0.3 is 4.90 Å². The topological polar surface area (TPSA) is 57.7 Å². The molecule has 0 atom stereocenters. The van der Waals surface area contributed by atoms with Gasteiger partial charge in [0.25, 0.3) is 0 Å². The van der Waals surface area contributed by atoms with Crippen molar-refractivity contribution >= 4 is 45.2 Å². The summed E-state index contributed by atoms with van der Waals surface area (Å²) in [7, 11) is -1.59. The Morgan fingerprint density at radius 3 is 2.56 bits per heavy atom. The number of nitrogens with zero attached hydrogens (tertiary/aromatic N) is 2. The fourth-order valence-corrected chi connectivity index (χ4v) is 4.22. The van der Waals surface area contributed by atoms with Crippen LogP contribution in [0.1, 0.15) is 25.3 Å². The highest BCUT2D eigenvalue weighted by molar-refractivity contribution is 7.89. The maximum absolute atomic E-state index is 12.3. The number of likely N-dealkylation sites (tertiary alicyclic amines) is 1. The summed E-state index contributed by atoms with van der Waals surface area (Å²) in [5.41, 5.74) is 0.686. The van der Waals surface area contributed by atoms with Crippen LogP contribution in [0.2, 0.25) is 10.0 Å². The van der Waals surface area contributed by atoms with E-state index in [1.54, 1.807) is 43.1 Å². The molecule has 1 aromatic rings. The van der Waals surface area contributed by atoms with E-state index in [2.05, 4.69) is 0 Å². The number of rotatable bonds is 5. The average Bonchev–Trinajstić information content (AvgIpc) is 2.61. The molecule has 0 aliphatic carbocycles. The van der Waals surface area contributed by atoms with E-state index in [1.807, 2.05) is 0 Å². The lowest BCUT2D eigenvalue weighted by atomic mass is 10.1.